The third kappa shape index (κ3) is 7.04. The molecule has 14 heteroatoms. The van der Waals surface area contributed by atoms with Gasteiger partial charge in [-0.3, -0.25) is 9.78 Å². The van der Waals surface area contributed by atoms with E-state index in [0.717, 1.165) is 23.2 Å². The Labute approximate surface area is 192 Å². The number of alkyl halides is 2. The number of aromatic hydroxyl groups is 1. The third-order valence-electron chi connectivity index (χ3n) is 4.18. The molecule has 2 aromatic rings. The van der Waals surface area contributed by atoms with E-state index in [0.29, 0.717) is 0 Å². The number of halogens is 4. The van der Waals surface area contributed by atoms with E-state index in [-0.39, 0.29) is 42.4 Å². The summed E-state index contributed by atoms with van der Waals surface area (Å²) in [5.74, 6) is -6.88. The minimum atomic E-state index is -3.73. The molecule has 0 aliphatic rings. The standard InChI is InChI=1S/C19H20F3N7O3.ClH/c20-16-12(8-15(24)31)11(9-23)3-4-13(16)29(6-7-32-28-18(25)26)10-19(21,22)17-14(30)2-1-5-27-17;/h1-5,30H,6-8,10H2,(H2,24,31)(H4,25,26,28);1H. The van der Waals surface area contributed by atoms with E-state index in [2.05, 4.69) is 10.1 Å². The Morgan fingerprint density at radius 1 is 1.30 bits per heavy atom. The zero-order valence-corrected chi connectivity index (χ0v) is 17.9. The summed E-state index contributed by atoms with van der Waals surface area (Å²) in [4.78, 5) is 20.5. The summed E-state index contributed by atoms with van der Waals surface area (Å²) >= 11 is 0. The summed E-state index contributed by atoms with van der Waals surface area (Å²) in [7, 11) is 0. The van der Waals surface area contributed by atoms with Crippen molar-refractivity contribution < 1.29 is 27.9 Å². The van der Waals surface area contributed by atoms with Crippen molar-refractivity contribution in [3.63, 3.8) is 0 Å². The van der Waals surface area contributed by atoms with Gasteiger partial charge in [-0.2, -0.15) is 14.0 Å². The van der Waals surface area contributed by atoms with Crippen LogP contribution in [0.5, 0.6) is 5.75 Å². The van der Waals surface area contributed by atoms with Crippen LogP contribution in [0.3, 0.4) is 0 Å². The fourth-order valence-corrected chi connectivity index (χ4v) is 2.85. The lowest BCUT2D eigenvalue weighted by molar-refractivity contribution is -0.117. The van der Waals surface area contributed by atoms with Crippen LogP contribution in [0.4, 0.5) is 18.9 Å². The first kappa shape index (κ1) is 27.1. The van der Waals surface area contributed by atoms with Gasteiger partial charge in [0.15, 0.2) is 11.5 Å². The number of hydrogen-bond acceptors (Lipinski definition) is 7. The van der Waals surface area contributed by atoms with Crippen LogP contribution in [-0.2, 0) is 22.0 Å². The molecule has 7 N–H and O–H groups in total. The Morgan fingerprint density at radius 3 is 2.58 bits per heavy atom. The summed E-state index contributed by atoms with van der Waals surface area (Å²) in [6, 6.07) is 6.32. The highest BCUT2D eigenvalue weighted by atomic mass is 35.5. The number of carbonyl (C=O) groups excluding carboxylic acids is 1. The van der Waals surface area contributed by atoms with E-state index in [9.17, 15) is 23.9 Å². The lowest BCUT2D eigenvalue weighted by atomic mass is 10.0. The molecule has 0 spiro atoms. The first-order valence-electron chi connectivity index (χ1n) is 9.04. The Balaban J connectivity index is 0.00000544. The predicted molar refractivity (Wildman–Crippen MR) is 115 cm³/mol. The minimum Gasteiger partial charge on any atom is -0.506 e. The van der Waals surface area contributed by atoms with E-state index < -0.39 is 48.0 Å². The lowest BCUT2D eigenvalue weighted by Gasteiger charge is -2.29. The van der Waals surface area contributed by atoms with Crippen molar-refractivity contribution in [1.82, 2.24) is 4.98 Å². The van der Waals surface area contributed by atoms with Gasteiger partial charge in [-0.1, -0.05) is 0 Å². The third-order valence-corrected chi connectivity index (χ3v) is 4.18. The molecule has 0 unspecified atom stereocenters. The van der Waals surface area contributed by atoms with Crippen molar-refractivity contribution in [1.29, 1.82) is 5.26 Å². The van der Waals surface area contributed by atoms with E-state index in [1.807, 2.05) is 0 Å². The van der Waals surface area contributed by atoms with E-state index in [1.54, 1.807) is 6.07 Å². The molecule has 0 saturated heterocycles. The summed E-state index contributed by atoms with van der Waals surface area (Å²) in [5, 5.41) is 22.2. The molecule has 0 bridgehead atoms. The number of rotatable bonds is 10. The number of benzene rings is 1. The largest absolute Gasteiger partial charge is 0.506 e. The van der Waals surface area contributed by atoms with Crippen molar-refractivity contribution in [2.45, 2.75) is 12.3 Å². The highest BCUT2D eigenvalue weighted by Crippen LogP contribution is 2.35. The number of oxime groups is 1. The molecule has 33 heavy (non-hydrogen) atoms. The highest BCUT2D eigenvalue weighted by Gasteiger charge is 2.39. The molecule has 0 saturated carbocycles. The molecule has 0 atom stereocenters. The summed E-state index contributed by atoms with van der Waals surface area (Å²) in [6.07, 6.45) is 0.459. The second-order valence-electron chi connectivity index (χ2n) is 6.53. The van der Waals surface area contributed by atoms with Crippen molar-refractivity contribution >= 4 is 30.0 Å². The number of pyridine rings is 1. The fourth-order valence-electron chi connectivity index (χ4n) is 2.85. The first-order valence-corrected chi connectivity index (χ1v) is 9.04. The smallest absolute Gasteiger partial charge is 0.310 e. The van der Waals surface area contributed by atoms with Crippen LogP contribution in [0.15, 0.2) is 35.6 Å². The maximum absolute atomic E-state index is 15.2. The number of guanidine groups is 1. The summed E-state index contributed by atoms with van der Waals surface area (Å²) in [6.45, 7) is -1.80. The highest BCUT2D eigenvalue weighted by molar-refractivity contribution is 5.85. The van der Waals surface area contributed by atoms with Gasteiger partial charge in [0.25, 0.3) is 0 Å². The van der Waals surface area contributed by atoms with E-state index in [1.165, 1.54) is 12.1 Å². The summed E-state index contributed by atoms with van der Waals surface area (Å²) in [5.41, 5.74) is 13.6. The Kier molecular flexibility index (Phi) is 9.55. The Hall–Kier alpha value is -3.92. The topological polar surface area (TPSA) is 177 Å². The fraction of sp³-hybridized carbons (Fsp3) is 0.263. The molecule has 0 fully saturated rings. The first-order chi connectivity index (χ1) is 15.1. The van der Waals surface area contributed by atoms with Crippen LogP contribution in [-0.4, -0.2) is 41.7 Å². The van der Waals surface area contributed by atoms with Gasteiger partial charge in [-0.25, -0.2) is 4.39 Å². The van der Waals surface area contributed by atoms with Crippen molar-refractivity contribution in [3.8, 4) is 11.8 Å². The average molecular weight is 488 g/mol. The number of hydrogen-bond donors (Lipinski definition) is 4. The van der Waals surface area contributed by atoms with E-state index >= 15 is 4.39 Å². The van der Waals surface area contributed by atoms with Gasteiger partial charge in [0.2, 0.25) is 11.9 Å². The van der Waals surface area contributed by atoms with Crippen LogP contribution >= 0.6 is 12.4 Å². The molecule has 10 nitrogen and oxygen atoms in total. The number of anilines is 1. The van der Waals surface area contributed by atoms with Crippen molar-refractivity contribution in [2.24, 2.45) is 22.4 Å². The molecule has 1 aromatic carbocycles. The van der Waals surface area contributed by atoms with Gasteiger partial charge in [0, 0.05) is 11.8 Å². The molecule has 1 heterocycles. The number of primary amides is 1. The molecule has 1 amide bonds. The Morgan fingerprint density at radius 2 is 2.00 bits per heavy atom. The maximum Gasteiger partial charge on any atom is 0.310 e. The second kappa shape index (κ2) is 11.6. The molecular formula is C19H21ClF3N7O3. The normalized spacial score (nSPS) is 10.5. The molecule has 0 aliphatic carbocycles. The average Bonchev–Trinajstić information content (AvgIpc) is 2.71. The van der Waals surface area contributed by atoms with Crippen LogP contribution in [0.1, 0.15) is 16.8 Å². The predicted octanol–water partition coefficient (Wildman–Crippen LogP) is 1.05. The molecule has 178 valence electrons. The number of aromatic nitrogens is 1. The number of carbonyl (C=O) groups is 1. The molecule has 0 aliphatic heterocycles. The van der Waals surface area contributed by atoms with Crippen molar-refractivity contribution in [2.75, 3.05) is 24.6 Å². The maximum atomic E-state index is 15.2. The van der Waals surface area contributed by atoms with Crippen LogP contribution in [0.2, 0.25) is 0 Å². The van der Waals surface area contributed by atoms with Gasteiger partial charge < -0.3 is 32.0 Å². The van der Waals surface area contributed by atoms with Crippen molar-refractivity contribution in [3.05, 3.63) is 53.1 Å². The van der Waals surface area contributed by atoms with E-state index in [4.69, 9.17) is 22.0 Å². The summed E-state index contributed by atoms with van der Waals surface area (Å²) < 4.78 is 45.1. The zero-order chi connectivity index (χ0) is 23.9. The van der Waals surface area contributed by atoms with Crippen LogP contribution < -0.4 is 22.1 Å². The second-order valence-corrected chi connectivity index (χ2v) is 6.53. The number of nitriles is 1. The Bertz CT molecular complexity index is 1060. The number of nitrogens with two attached hydrogens (primary N) is 3. The quantitative estimate of drug-likeness (QED) is 0.166. The molecule has 0 radical (unpaired) electrons. The lowest BCUT2D eigenvalue weighted by Crippen LogP contribution is -2.39. The van der Waals surface area contributed by atoms with Gasteiger partial charge in [0.05, 0.1) is 36.8 Å². The molecule has 1 aromatic heterocycles. The monoisotopic (exact) mass is 487 g/mol. The SMILES string of the molecule is Cl.N#Cc1ccc(N(CCON=C(N)N)CC(F)(F)c2ncccc2O)c(F)c1CC(N)=O. The number of nitrogens with zero attached hydrogens (tertiary/aromatic N) is 4. The van der Waals surface area contributed by atoms with Crippen LogP contribution in [0, 0.1) is 17.1 Å². The minimum absolute atomic E-state index is 0. The van der Waals surface area contributed by atoms with Gasteiger partial charge in [-0.15, -0.1) is 12.4 Å². The molecular weight excluding hydrogens is 467 g/mol. The number of amides is 1. The zero-order valence-electron chi connectivity index (χ0n) is 17.0. The van der Waals surface area contributed by atoms with Gasteiger partial charge in [0.1, 0.15) is 12.4 Å². The van der Waals surface area contributed by atoms with Gasteiger partial charge >= 0.3 is 5.92 Å². The molecule has 2 rings (SSSR count). The van der Waals surface area contributed by atoms with Crippen LogP contribution in [0.25, 0.3) is 0 Å². The van der Waals surface area contributed by atoms with Gasteiger partial charge in [-0.05, 0) is 29.4 Å².